The molecule has 0 nitrogen and oxygen atoms in total. The number of thiophene rings is 4. The molecule has 0 amide bonds. The molecule has 4 heterocycles. The molecule has 0 aliphatic rings. The van der Waals surface area contributed by atoms with Crippen LogP contribution in [-0.4, -0.2) is 0 Å². The van der Waals surface area contributed by atoms with E-state index in [1.54, 1.807) is 22.7 Å². The van der Waals surface area contributed by atoms with Gasteiger partial charge >= 0.3 is 0 Å². The molecule has 4 aromatic rings. The Kier molecular flexibility index (Phi) is 3.76. The van der Waals surface area contributed by atoms with E-state index >= 15 is 0 Å². The third kappa shape index (κ3) is 2.63. The summed E-state index contributed by atoms with van der Waals surface area (Å²) in [7, 11) is 0. The summed E-state index contributed by atoms with van der Waals surface area (Å²) in [5.74, 6) is 0. The van der Waals surface area contributed by atoms with Gasteiger partial charge in [0.2, 0.25) is 0 Å². The van der Waals surface area contributed by atoms with Gasteiger partial charge in [-0.1, -0.05) is 0 Å². The van der Waals surface area contributed by atoms with Crippen LogP contribution in [0.25, 0.3) is 20.2 Å². The van der Waals surface area contributed by atoms with Gasteiger partial charge in [-0.3, -0.25) is 0 Å². The van der Waals surface area contributed by atoms with Gasteiger partial charge in [0, 0.05) is 40.2 Å². The lowest BCUT2D eigenvalue weighted by molar-refractivity contribution is 1.63. The summed E-state index contributed by atoms with van der Waals surface area (Å²) in [6.45, 7) is 6.58. The number of hydrogen-bond acceptors (Lipinski definition) is 4. The van der Waals surface area contributed by atoms with E-state index in [2.05, 4.69) is 49.0 Å². The molecule has 98 valence electrons. The first-order valence-electron chi connectivity index (χ1n) is 6.00. The molecule has 19 heavy (non-hydrogen) atoms. The predicted octanol–water partition coefficient (Wildman–Crippen LogP) is 6.85. The monoisotopic (exact) mass is 322 g/mol. The maximum absolute atomic E-state index is 2.29. The van der Waals surface area contributed by atoms with Crippen LogP contribution in [0.5, 0.6) is 0 Å². The van der Waals surface area contributed by atoms with Gasteiger partial charge in [-0.15, -0.1) is 34.0 Å². The highest BCUT2D eigenvalue weighted by molar-refractivity contribution is 7.24. The fourth-order valence-corrected chi connectivity index (χ4v) is 6.04. The van der Waals surface area contributed by atoms with Crippen LogP contribution in [0, 0.1) is 20.8 Å². The summed E-state index contributed by atoms with van der Waals surface area (Å²) in [6.07, 6.45) is 0. The topological polar surface area (TPSA) is 0 Å². The Balaban J connectivity index is 0.000000122. The smallest absolute Gasteiger partial charge is 0.0484 e. The summed E-state index contributed by atoms with van der Waals surface area (Å²) < 4.78 is 2.90. The normalized spacial score (nSPS) is 10.9. The lowest BCUT2D eigenvalue weighted by Gasteiger charge is -1.79. The third-order valence-electron chi connectivity index (χ3n) is 2.96. The van der Waals surface area contributed by atoms with Crippen molar-refractivity contribution in [3.63, 3.8) is 0 Å². The highest BCUT2D eigenvalue weighted by atomic mass is 32.1. The number of aryl methyl sites for hydroxylation is 3. The summed E-state index contributed by atoms with van der Waals surface area (Å²) in [4.78, 5) is 4.35. The van der Waals surface area contributed by atoms with Crippen molar-refractivity contribution in [1.29, 1.82) is 0 Å². The Labute approximate surface area is 129 Å². The second kappa shape index (κ2) is 5.37. The Bertz CT molecular complexity index is 724. The quantitative estimate of drug-likeness (QED) is 0.332. The van der Waals surface area contributed by atoms with Gasteiger partial charge in [0.25, 0.3) is 0 Å². The average molecular weight is 323 g/mol. The Hall–Kier alpha value is -0.680. The molecule has 0 N–H and O–H groups in total. The van der Waals surface area contributed by atoms with Crippen LogP contribution >= 0.6 is 45.3 Å². The SMILES string of the molecule is Cc1cc2c(C)sc(C)c2s1.c1cc2cscc2s1. The van der Waals surface area contributed by atoms with E-state index in [-0.39, 0.29) is 0 Å². The fourth-order valence-electron chi connectivity index (χ4n) is 2.06. The highest BCUT2D eigenvalue weighted by Crippen LogP contribution is 2.36. The minimum atomic E-state index is 1.39. The molecule has 4 heteroatoms. The van der Waals surface area contributed by atoms with Crippen LogP contribution in [0.2, 0.25) is 0 Å². The Morgan fingerprint density at radius 2 is 1.79 bits per heavy atom. The lowest BCUT2D eigenvalue weighted by atomic mass is 10.3. The van der Waals surface area contributed by atoms with Crippen molar-refractivity contribution >= 4 is 65.5 Å². The van der Waals surface area contributed by atoms with Crippen molar-refractivity contribution < 1.29 is 0 Å². The van der Waals surface area contributed by atoms with Crippen molar-refractivity contribution in [1.82, 2.24) is 0 Å². The van der Waals surface area contributed by atoms with Crippen LogP contribution in [0.15, 0.2) is 28.3 Å². The van der Waals surface area contributed by atoms with Gasteiger partial charge in [-0.25, -0.2) is 0 Å². The van der Waals surface area contributed by atoms with Gasteiger partial charge in [0.05, 0.1) is 0 Å². The standard InChI is InChI=1S/C9H10S2.C6H4S2/c1-5-4-8-6(2)11-7(3)9(8)10-5;1-2-8-6-4-7-3-5(1)6/h4H,1-3H3;1-4H. The third-order valence-corrected chi connectivity index (χ3v) is 7.08. The maximum atomic E-state index is 2.29. The van der Waals surface area contributed by atoms with E-state index in [4.69, 9.17) is 0 Å². The first-order chi connectivity index (χ1) is 9.15. The largest absolute Gasteiger partial charge is 0.150 e. The van der Waals surface area contributed by atoms with Crippen molar-refractivity contribution in [3.05, 3.63) is 42.9 Å². The van der Waals surface area contributed by atoms with Crippen molar-refractivity contribution in [2.45, 2.75) is 20.8 Å². The van der Waals surface area contributed by atoms with E-state index in [9.17, 15) is 0 Å². The van der Waals surface area contributed by atoms with Crippen LogP contribution in [0.1, 0.15) is 14.6 Å². The number of hydrogen-bond donors (Lipinski definition) is 0. The lowest BCUT2D eigenvalue weighted by Crippen LogP contribution is -1.55. The fraction of sp³-hybridized carbons (Fsp3) is 0.200. The second-order valence-electron chi connectivity index (χ2n) is 4.43. The van der Waals surface area contributed by atoms with Crippen molar-refractivity contribution in [2.75, 3.05) is 0 Å². The molecule has 0 spiro atoms. The minimum Gasteiger partial charge on any atom is -0.150 e. The second-order valence-corrected chi connectivity index (χ2v) is 8.80. The van der Waals surface area contributed by atoms with Gasteiger partial charge in [-0.2, -0.15) is 11.3 Å². The summed E-state index contributed by atoms with van der Waals surface area (Å²) in [5.41, 5.74) is 0. The molecule has 0 atom stereocenters. The van der Waals surface area contributed by atoms with Gasteiger partial charge in [0.1, 0.15) is 0 Å². The molecule has 0 fully saturated rings. The van der Waals surface area contributed by atoms with Gasteiger partial charge < -0.3 is 0 Å². The molecule has 0 aromatic carbocycles. The van der Waals surface area contributed by atoms with Crippen molar-refractivity contribution in [3.8, 4) is 0 Å². The van der Waals surface area contributed by atoms with Crippen LogP contribution in [-0.2, 0) is 0 Å². The Morgan fingerprint density at radius 3 is 2.53 bits per heavy atom. The molecule has 0 aliphatic carbocycles. The zero-order chi connectivity index (χ0) is 13.4. The van der Waals surface area contributed by atoms with Crippen molar-refractivity contribution in [2.24, 2.45) is 0 Å². The zero-order valence-corrected chi connectivity index (χ0v) is 14.3. The number of rotatable bonds is 0. The molecule has 0 radical (unpaired) electrons. The van der Waals surface area contributed by atoms with Crippen LogP contribution < -0.4 is 0 Å². The maximum Gasteiger partial charge on any atom is 0.0484 e. The van der Waals surface area contributed by atoms with E-state index in [1.165, 1.54) is 34.8 Å². The molecular formula is C15H14S4. The summed E-state index contributed by atoms with van der Waals surface area (Å²) >= 11 is 7.39. The minimum absolute atomic E-state index is 1.39. The molecule has 0 saturated carbocycles. The van der Waals surface area contributed by atoms with E-state index < -0.39 is 0 Å². The molecule has 4 rings (SSSR count). The first kappa shape index (κ1) is 13.3. The summed E-state index contributed by atoms with van der Waals surface area (Å²) in [5, 5.41) is 9.33. The molecule has 0 aliphatic heterocycles. The highest BCUT2D eigenvalue weighted by Gasteiger charge is 2.06. The van der Waals surface area contributed by atoms with Crippen LogP contribution in [0.3, 0.4) is 0 Å². The zero-order valence-electron chi connectivity index (χ0n) is 11.0. The Morgan fingerprint density at radius 1 is 0.947 bits per heavy atom. The van der Waals surface area contributed by atoms with Gasteiger partial charge in [-0.05, 0) is 43.7 Å². The van der Waals surface area contributed by atoms with E-state index in [0.29, 0.717) is 0 Å². The summed E-state index contributed by atoms with van der Waals surface area (Å²) in [6, 6.07) is 4.44. The predicted molar refractivity (Wildman–Crippen MR) is 93.6 cm³/mol. The van der Waals surface area contributed by atoms with E-state index in [0.717, 1.165) is 0 Å². The van der Waals surface area contributed by atoms with E-state index in [1.807, 2.05) is 22.7 Å². The average Bonchev–Trinajstić information content (AvgIpc) is 3.04. The molecule has 0 saturated heterocycles. The number of fused-ring (bicyclic) bond motifs is 2. The molecule has 0 unspecified atom stereocenters. The van der Waals surface area contributed by atoms with Crippen LogP contribution in [0.4, 0.5) is 0 Å². The molecular weight excluding hydrogens is 308 g/mol. The molecule has 0 bridgehead atoms. The first-order valence-corrected chi connectivity index (χ1v) is 9.46. The molecule has 4 aromatic heterocycles. The van der Waals surface area contributed by atoms with Gasteiger partial charge in [0.15, 0.2) is 0 Å².